The number of carbonyl (C=O) groups excluding carboxylic acids is 3. The second kappa shape index (κ2) is 24.3. The Bertz CT molecular complexity index is 2540. The SMILES string of the molecule is C.C.NC(=O)N1CCC(CC(=O)N2CCN([C@@H]3c4ccc(Cl)cc4CCc4cc(Br)c[n+]([O-])c43)CC2)CC1.O=C(CC1CCNCC1)N1CCN([C@@H]2c3ccc(Cl)cc3CCc3cc(Br)c[n+]([O-])c32)CC1. The van der Waals surface area contributed by atoms with Gasteiger partial charge in [-0.2, -0.15) is 9.46 Å². The van der Waals surface area contributed by atoms with Crippen LogP contribution in [0.15, 0.2) is 69.9 Å². The van der Waals surface area contributed by atoms with Gasteiger partial charge in [-0.3, -0.25) is 19.4 Å². The van der Waals surface area contributed by atoms with Crippen LogP contribution in [0.5, 0.6) is 0 Å². The molecule has 3 N–H and O–H groups in total. The van der Waals surface area contributed by atoms with Crippen molar-refractivity contribution in [1.29, 1.82) is 0 Å². The normalized spacial score (nSPS) is 20.8. The quantitative estimate of drug-likeness (QED) is 0.145. The highest BCUT2D eigenvalue weighted by molar-refractivity contribution is 9.10. The number of piperazine rings is 2. The third kappa shape index (κ3) is 12.7. The van der Waals surface area contributed by atoms with E-state index in [1.165, 1.54) is 11.1 Å². The first-order valence-electron chi connectivity index (χ1n) is 24.5. The van der Waals surface area contributed by atoms with Crippen molar-refractivity contribution in [2.24, 2.45) is 17.6 Å². The fraction of sp³-hybridized carbons (Fsp3) is 0.528. The number of rotatable bonds is 6. The van der Waals surface area contributed by atoms with Crippen LogP contribution in [0.2, 0.25) is 10.0 Å². The number of nitrogens with two attached hydrogens (primary N) is 1. The number of pyridine rings is 2. The third-order valence-electron chi connectivity index (χ3n) is 15.3. The van der Waals surface area contributed by atoms with Crippen LogP contribution >= 0.6 is 55.1 Å². The topological polar surface area (TPSA) is 159 Å². The van der Waals surface area contributed by atoms with E-state index in [1.807, 2.05) is 40.1 Å². The van der Waals surface area contributed by atoms with Crippen LogP contribution in [0.1, 0.15) is 110 Å². The molecule has 2 aromatic carbocycles. The number of benzene rings is 2. The standard InChI is InChI=1S/C26H31BrClN5O3.C25H30BrClN4O2.2CH4/c27-20-14-19-2-1-18-15-21(28)3-4-22(18)25(24(19)33(36)16-20)31-11-9-30(10-12-31)23(34)13-17-5-7-32(8-6-17)26(29)35;26-20-14-19-2-1-18-15-21(27)3-4-22(18)25(24(19)31(33)16-20)30-11-9-29(10-12-30)23(32)13-17-5-7-28-8-6-17;;/h3-4,14-17,25H,1-2,5-13H2,(H2,29,35);3-4,14-17,25,28H,1-2,5-13H2;2*1H4/t2*25-;;/m11../s1. The maximum atomic E-state index is 13.2. The van der Waals surface area contributed by atoms with Crippen molar-refractivity contribution in [1.82, 2.24) is 29.8 Å². The van der Waals surface area contributed by atoms with E-state index in [0.29, 0.717) is 76.1 Å². The van der Waals surface area contributed by atoms with Crippen molar-refractivity contribution in [3.63, 3.8) is 0 Å². The van der Waals surface area contributed by atoms with Crippen molar-refractivity contribution in [3.05, 3.63) is 135 Å². The van der Waals surface area contributed by atoms with Gasteiger partial charge in [0, 0.05) is 99.5 Å². The van der Waals surface area contributed by atoms with Gasteiger partial charge in [-0.05, 0) is 167 Å². The largest absolute Gasteiger partial charge is 0.618 e. The Morgan fingerprint density at radius 3 is 1.38 bits per heavy atom. The van der Waals surface area contributed by atoms with E-state index in [2.05, 4.69) is 65.2 Å². The Morgan fingerprint density at radius 2 is 0.972 bits per heavy atom. The summed E-state index contributed by atoms with van der Waals surface area (Å²) in [5.74, 6) is 1.23. The molecule has 4 aromatic rings. The molecule has 71 heavy (non-hydrogen) atoms. The summed E-state index contributed by atoms with van der Waals surface area (Å²) < 4.78 is 3.61. The van der Waals surface area contributed by atoms with Gasteiger partial charge in [0.25, 0.3) is 0 Å². The van der Waals surface area contributed by atoms with Crippen LogP contribution in [0.3, 0.4) is 0 Å². The molecule has 10 rings (SSSR count). The van der Waals surface area contributed by atoms with Crippen LogP contribution in [-0.4, -0.2) is 121 Å². The summed E-state index contributed by atoms with van der Waals surface area (Å²) >= 11 is 19.6. The number of hydrogen-bond acceptors (Lipinski definition) is 8. The summed E-state index contributed by atoms with van der Waals surface area (Å²) in [7, 11) is 0. The van der Waals surface area contributed by atoms with Gasteiger partial charge >= 0.3 is 6.03 Å². The molecule has 18 heteroatoms. The lowest BCUT2D eigenvalue weighted by Gasteiger charge is -2.39. The second-order valence-electron chi connectivity index (χ2n) is 19.5. The number of amides is 4. The highest BCUT2D eigenvalue weighted by Crippen LogP contribution is 2.39. The van der Waals surface area contributed by atoms with Crippen molar-refractivity contribution in [2.75, 3.05) is 78.5 Å². The summed E-state index contributed by atoms with van der Waals surface area (Å²) in [6.45, 7) is 8.81. The summed E-state index contributed by atoms with van der Waals surface area (Å²) in [5, 5.41) is 31.1. The van der Waals surface area contributed by atoms with Gasteiger partial charge in [0.2, 0.25) is 23.2 Å². The number of likely N-dealkylation sites (tertiary alicyclic amines) is 1. The number of urea groups is 1. The van der Waals surface area contributed by atoms with E-state index in [-0.39, 0.29) is 50.7 Å². The van der Waals surface area contributed by atoms with Crippen molar-refractivity contribution < 1.29 is 23.8 Å². The maximum absolute atomic E-state index is 13.2. The molecule has 4 amide bonds. The number of fused-ring (bicyclic) bond motifs is 4. The number of hydrogen-bond donors (Lipinski definition) is 2. The molecule has 0 unspecified atom stereocenters. The van der Waals surface area contributed by atoms with Crippen LogP contribution in [0.25, 0.3) is 0 Å². The molecule has 0 bridgehead atoms. The van der Waals surface area contributed by atoms with Gasteiger partial charge in [0.15, 0.2) is 12.4 Å². The molecule has 6 aliphatic rings. The average Bonchev–Trinajstić information content (AvgIpc) is 3.60. The highest BCUT2D eigenvalue weighted by Gasteiger charge is 2.40. The average molecular weight is 1140 g/mol. The Kier molecular flexibility index (Phi) is 18.8. The molecule has 4 saturated heterocycles. The lowest BCUT2D eigenvalue weighted by atomic mass is 9.93. The molecule has 2 atom stereocenters. The smallest absolute Gasteiger partial charge is 0.314 e. The number of halogens is 4. The van der Waals surface area contributed by atoms with Gasteiger partial charge in [0.1, 0.15) is 12.1 Å². The Morgan fingerprint density at radius 1 is 0.577 bits per heavy atom. The number of nitrogens with zero attached hydrogens (tertiary/aromatic N) is 7. The first kappa shape index (κ1) is 54.7. The summed E-state index contributed by atoms with van der Waals surface area (Å²) in [6.07, 6.45) is 11.4. The van der Waals surface area contributed by atoms with E-state index in [4.69, 9.17) is 28.9 Å². The van der Waals surface area contributed by atoms with E-state index >= 15 is 0 Å². The highest BCUT2D eigenvalue weighted by atomic mass is 79.9. The lowest BCUT2D eigenvalue weighted by molar-refractivity contribution is -0.617. The number of nitrogens with one attached hydrogen (secondary N) is 1. The minimum atomic E-state index is -0.383. The van der Waals surface area contributed by atoms with E-state index in [0.717, 1.165) is 135 Å². The molecular formula is C53H69Br2Cl2N9O5. The first-order valence-corrected chi connectivity index (χ1v) is 26.8. The predicted octanol–water partition coefficient (Wildman–Crippen LogP) is 7.98. The number of primary amides is 1. The Balaban J connectivity index is 0.000000204. The maximum Gasteiger partial charge on any atom is 0.314 e. The summed E-state index contributed by atoms with van der Waals surface area (Å²) in [4.78, 5) is 47.7. The van der Waals surface area contributed by atoms with Crippen molar-refractivity contribution in [2.45, 2.75) is 91.1 Å². The van der Waals surface area contributed by atoms with Gasteiger partial charge in [-0.25, -0.2) is 4.79 Å². The van der Waals surface area contributed by atoms with E-state index in [9.17, 15) is 24.8 Å². The van der Waals surface area contributed by atoms with Gasteiger partial charge < -0.3 is 36.2 Å². The van der Waals surface area contributed by atoms with E-state index < -0.39 is 0 Å². The Hall–Kier alpha value is -4.03. The van der Waals surface area contributed by atoms with Crippen molar-refractivity contribution >= 4 is 72.9 Å². The van der Waals surface area contributed by atoms with Crippen molar-refractivity contribution in [3.8, 4) is 0 Å². The molecule has 2 aliphatic carbocycles. The van der Waals surface area contributed by atoms with Gasteiger partial charge in [0.05, 0.1) is 8.95 Å². The molecule has 384 valence electrons. The molecule has 0 radical (unpaired) electrons. The monoisotopic (exact) mass is 1140 g/mol. The molecule has 14 nitrogen and oxygen atoms in total. The number of carbonyl (C=O) groups is 3. The van der Waals surface area contributed by atoms with Crippen LogP contribution in [0, 0.1) is 22.3 Å². The third-order valence-corrected chi connectivity index (χ3v) is 16.6. The van der Waals surface area contributed by atoms with Gasteiger partial charge in [-0.1, -0.05) is 50.2 Å². The molecule has 2 aromatic heterocycles. The molecule has 0 saturated carbocycles. The van der Waals surface area contributed by atoms with Gasteiger partial charge in [-0.15, -0.1) is 0 Å². The van der Waals surface area contributed by atoms with Crippen LogP contribution in [0.4, 0.5) is 4.79 Å². The molecular weight excluding hydrogens is 1070 g/mol. The molecule has 0 spiro atoms. The number of piperidine rings is 2. The van der Waals surface area contributed by atoms with Crippen LogP contribution in [-0.2, 0) is 35.3 Å². The lowest BCUT2D eigenvalue weighted by Crippen LogP contribution is -2.52. The second-order valence-corrected chi connectivity index (χ2v) is 22.2. The Labute approximate surface area is 446 Å². The zero-order valence-electron chi connectivity index (χ0n) is 38.9. The summed E-state index contributed by atoms with van der Waals surface area (Å²) in [5.41, 5.74) is 13.7. The van der Waals surface area contributed by atoms with Crippen LogP contribution < -0.4 is 20.5 Å². The van der Waals surface area contributed by atoms with E-state index in [1.54, 1.807) is 17.3 Å². The minimum absolute atomic E-state index is 0. The number of aromatic nitrogens is 2. The molecule has 4 aliphatic heterocycles. The summed E-state index contributed by atoms with van der Waals surface area (Å²) in [6, 6.07) is 15.4. The molecule has 6 heterocycles. The zero-order chi connectivity index (χ0) is 48.3. The fourth-order valence-electron chi connectivity index (χ4n) is 11.5. The first-order chi connectivity index (χ1) is 33.3. The molecule has 4 fully saturated rings. The minimum Gasteiger partial charge on any atom is -0.618 e. The zero-order valence-corrected chi connectivity index (χ0v) is 43.6. The predicted molar refractivity (Wildman–Crippen MR) is 286 cm³/mol. The fourth-order valence-corrected chi connectivity index (χ4v) is 12.9. The number of aryl methyl sites for hydroxylation is 4.